The minimum absolute atomic E-state index is 0.962. The van der Waals surface area contributed by atoms with Crippen LogP contribution in [0.5, 0.6) is 5.75 Å². The molecule has 0 fully saturated rings. The van der Waals surface area contributed by atoms with Crippen molar-refractivity contribution in [2.24, 2.45) is 7.05 Å². The number of nitrogens with zero attached hydrogens (tertiary/aromatic N) is 1. The molecule has 1 aromatic carbocycles. The topological polar surface area (TPSA) is 14.2 Å². The van der Waals surface area contributed by atoms with Crippen LogP contribution in [0.1, 0.15) is 0 Å². The standard InChI is InChI=1S/C13H19NOSi/c1-14-12(16(3,4)5)9-10-7-6-8-11(15-2)13(10)14/h6-9H,1-5H3. The quantitative estimate of drug-likeness (QED) is 0.728. The summed E-state index contributed by atoms with van der Waals surface area (Å²) >= 11 is 0. The number of para-hydroxylation sites is 1. The van der Waals surface area contributed by atoms with Crippen molar-refractivity contribution in [1.82, 2.24) is 4.57 Å². The molecule has 0 unspecified atom stereocenters. The predicted octanol–water partition coefficient (Wildman–Crippen LogP) is 2.73. The number of ether oxygens (including phenoxy) is 1. The molecule has 0 atom stereocenters. The zero-order valence-corrected chi connectivity index (χ0v) is 11.7. The van der Waals surface area contributed by atoms with E-state index in [1.807, 2.05) is 6.07 Å². The summed E-state index contributed by atoms with van der Waals surface area (Å²) in [7, 11) is 2.58. The van der Waals surface area contributed by atoms with E-state index in [0.717, 1.165) is 5.75 Å². The Morgan fingerprint density at radius 2 is 1.88 bits per heavy atom. The summed E-state index contributed by atoms with van der Waals surface area (Å²) in [6, 6.07) is 8.54. The van der Waals surface area contributed by atoms with Crippen LogP contribution >= 0.6 is 0 Å². The Morgan fingerprint density at radius 1 is 1.19 bits per heavy atom. The molecule has 0 aliphatic carbocycles. The first-order valence-corrected chi connectivity index (χ1v) is 9.08. The minimum Gasteiger partial charge on any atom is -0.495 e. The van der Waals surface area contributed by atoms with Crippen LogP contribution in [0.4, 0.5) is 0 Å². The van der Waals surface area contributed by atoms with E-state index in [2.05, 4.69) is 49.5 Å². The molecule has 2 rings (SSSR count). The van der Waals surface area contributed by atoms with Crippen LogP contribution in [0.2, 0.25) is 19.6 Å². The Kier molecular flexibility index (Phi) is 2.58. The van der Waals surface area contributed by atoms with Gasteiger partial charge in [0.05, 0.1) is 20.7 Å². The summed E-state index contributed by atoms with van der Waals surface area (Å²) in [5.74, 6) is 0.962. The highest BCUT2D eigenvalue weighted by atomic mass is 28.3. The average molecular weight is 233 g/mol. The lowest BCUT2D eigenvalue weighted by Crippen LogP contribution is -2.41. The van der Waals surface area contributed by atoms with E-state index in [1.165, 1.54) is 16.2 Å². The fraction of sp³-hybridized carbons (Fsp3) is 0.385. The van der Waals surface area contributed by atoms with Crippen LogP contribution < -0.4 is 10.1 Å². The molecule has 2 aromatic rings. The molecule has 0 saturated heterocycles. The highest BCUT2D eigenvalue weighted by molar-refractivity contribution is 6.88. The molecule has 0 spiro atoms. The van der Waals surface area contributed by atoms with Gasteiger partial charge in [0.25, 0.3) is 0 Å². The first-order valence-electron chi connectivity index (χ1n) is 5.58. The zero-order valence-electron chi connectivity index (χ0n) is 10.7. The molecule has 16 heavy (non-hydrogen) atoms. The molecule has 1 heterocycles. The third-order valence-electron chi connectivity index (χ3n) is 3.01. The van der Waals surface area contributed by atoms with E-state index in [9.17, 15) is 0 Å². The van der Waals surface area contributed by atoms with E-state index in [0.29, 0.717) is 0 Å². The third-order valence-corrected chi connectivity index (χ3v) is 5.02. The highest BCUT2D eigenvalue weighted by Crippen LogP contribution is 2.25. The number of aryl methyl sites for hydroxylation is 1. The number of methoxy groups -OCH3 is 1. The maximum Gasteiger partial charge on any atom is 0.143 e. The van der Waals surface area contributed by atoms with E-state index in [-0.39, 0.29) is 0 Å². The Bertz CT molecular complexity index is 522. The van der Waals surface area contributed by atoms with Gasteiger partial charge in [-0.25, -0.2) is 0 Å². The average Bonchev–Trinajstić information content (AvgIpc) is 2.56. The number of benzene rings is 1. The number of hydrogen-bond acceptors (Lipinski definition) is 1. The second kappa shape index (κ2) is 3.66. The number of rotatable bonds is 2. The van der Waals surface area contributed by atoms with Crippen LogP contribution in [0.15, 0.2) is 24.3 Å². The number of hydrogen-bond donors (Lipinski definition) is 0. The van der Waals surface area contributed by atoms with Gasteiger partial charge in [0, 0.05) is 17.8 Å². The van der Waals surface area contributed by atoms with Crippen LogP contribution in [0.3, 0.4) is 0 Å². The lowest BCUT2D eigenvalue weighted by Gasteiger charge is -2.17. The molecule has 0 bridgehead atoms. The van der Waals surface area contributed by atoms with Gasteiger partial charge in [0.15, 0.2) is 0 Å². The lowest BCUT2D eigenvalue weighted by atomic mass is 10.2. The third kappa shape index (κ3) is 1.65. The first-order chi connectivity index (χ1) is 7.45. The summed E-state index contributed by atoms with van der Waals surface area (Å²) in [6.07, 6.45) is 0. The van der Waals surface area contributed by atoms with Gasteiger partial charge in [-0.15, -0.1) is 0 Å². The Morgan fingerprint density at radius 3 is 2.44 bits per heavy atom. The fourth-order valence-corrected chi connectivity index (χ4v) is 3.97. The van der Waals surface area contributed by atoms with Crippen molar-refractivity contribution in [3.8, 4) is 5.75 Å². The maximum atomic E-state index is 5.43. The van der Waals surface area contributed by atoms with Crippen molar-refractivity contribution in [2.45, 2.75) is 19.6 Å². The second-order valence-corrected chi connectivity index (χ2v) is 10.2. The van der Waals surface area contributed by atoms with Gasteiger partial charge in [0.1, 0.15) is 5.75 Å². The SMILES string of the molecule is COc1cccc2cc([Si](C)(C)C)n(C)c12. The monoisotopic (exact) mass is 233 g/mol. The van der Waals surface area contributed by atoms with Crippen molar-refractivity contribution in [3.05, 3.63) is 24.3 Å². The van der Waals surface area contributed by atoms with Crippen LogP contribution in [-0.4, -0.2) is 19.8 Å². The molecule has 0 aliphatic heterocycles. The first kappa shape index (κ1) is 11.3. The molecule has 0 amide bonds. The largest absolute Gasteiger partial charge is 0.495 e. The summed E-state index contributed by atoms with van der Waals surface area (Å²) in [4.78, 5) is 0. The van der Waals surface area contributed by atoms with Crippen molar-refractivity contribution in [3.63, 3.8) is 0 Å². The van der Waals surface area contributed by atoms with Crippen LogP contribution in [0, 0.1) is 0 Å². The molecule has 86 valence electrons. The Hall–Kier alpha value is -1.22. The van der Waals surface area contributed by atoms with Crippen LogP contribution in [-0.2, 0) is 7.05 Å². The molecule has 3 heteroatoms. The summed E-state index contributed by atoms with van der Waals surface area (Å²) in [6.45, 7) is 7.11. The summed E-state index contributed by atoms with van der Waals surface area (Å²) < 4.78 is 7.72. The van der Waals surface area contributed by atoms with E-state index in [1.54, 1.807) is 7.11 Å². The van der Waals surface area contributed by atoms with E-state index in [4.69, 9.17) is 4.74 Å². The number of fused-ring (bicyclic) bond motifs is 1. The summed E-state index contributed by atoms with van der Waals surface area (Å²) in [5, 5.41) is 2.74. The minimum atomic E-state index is -1.29. The normalized spacial score (nSPS) is 12.1. The molecule has 2 nitrogen and oxygen atoms in total. The van der Waals surface area contributed by atoms with Crippen molar-refractivity contribution in [2.75, 3.05) is 7.11 Å². The lowest BCUT2D eigenvalue weighted by molar-refractivity contribution is 0.418. The molecular formula is C13H19NOSi. The van der Waals surface area contributed by atoms with Gasteiger partial charge in [-0.1, -0.05) is 31.8 Å². The molecule has 0 N–H and O–H groups in total. The molecule has 0 aliphatic rings. The van der Waals surface area contributed by atoms with Crippen molar-refractivity contribution >= 4 is 24.3 Å². The Labute approximate surface area is 97.9 Å². The Balaban J connectivity index is 2.79. The van der Waals surface area contributed by atoms with Crippen molar-refractivity contribution < 1.29 is 4.74 Å². The van der Waals surface area contributed by atoms with Gasteiger partial charge in [-0.05, 0) is 12.1 Å². The molecule has 1 aromatic heterocycles. The molecular weight excluding hydrogens is 214 g/mol. The van der Waals surface area contributed by atoms with Crippen LogP contribution in [0.25, 0.3) is 10.9 Å². The fourth-order valence-electron chi connectivity index (χ4n) is 2.26. The zero-order chi connectivity index (χ0) is 11.9. The highest BCUT2D eigenvalue weighted by Gasteiger charge is 2.22. The molecule has 0 radical (unpaired) electrons. The van der Waals surface area contributed by atoms with Gasteiger partial charge in [0.2, 0.25) is 0 Å². The second-order valence-electron chi connectivity index (χ2n) is 5.24. The summed E-state index contributed by atoms with van der Waals surface area (Å²) in [5.41, 5.74) is 1.21. The van der Waals surface area contributed by atoms with E-state index >= 15 is 0 Å². The predicted molar refractivity (Wildman–Crippen MR) is 72.5 cm³/mol. The smallest absolute Gasteiger partial charge is 0.143 e. The van der Waals surface area contributed by atoms with E-state index < -0.39 is 8.07 Å². The van der Waals surface area contributed by atoms with Gasteiger partial charge in [-0.3, -0.25) is 0 Å². The van der Waals surface area contributed by atoms with Crippen molar-refractivity contribution in [1.29, 1.82) is 0 Å². The van der Waals surface area contributed by atoms with Gasteiger partial charge < -0.3 is 9.30 Å². The maximum absolute atomic E-state index is 5.43. The van der Waals surface area contributed by atoms with Gasteiger partial charge in [-0.2, -0.15) is 0 Å². The van der Waals surface area contributed by atoms with Gasteiger partial charge >= 0.3 is 0 Å². The number of aromatic nitrogens is 1. The molecule has 0 saturated carbocycles.